The highest BCUT2D eigenvalue weighted by Crippen LogP contribution is 2.58. The predicted octanol–water partition coefficient (Wildman–Crippen LogP) is 5.54. The fourth-order valence-electron chi connectivity index (χ4n) is 4.42. The highest BCUT2D eigenvalue weighted by atomic mass is 14.4. The second kappa shape index (κ2) is 3.96. The molecule has 0 saturated carbocycles. The molecule has 2 aliphatic carbocycles. The Morgan fingerprint density at radius 2 is 1.32 bits per heavy atom. The number of hydrogen-bond donors (Lipinski definition) is 0. The number of rotatable bonds is 2. The monoisotopic (exact) mass is 248 g/mol. The van der Waals surface area contributed by atoms with Gasteiger partial charge >= 0.3 is 0 Å². The maximum Gasteiger partial charge on any atom is 0.00630 e. The van der Waals surface area contributed by atoms with Gasteiger partial charge in [-0.05, 0) is 41.2 Å². The van der Waals surface area contributed by atoms with Crippen LogP contribution in [0.4, 0.5) is 0 Å². The summed E-state index contributed by atoms with van der Waals surface area (Å²) in [4.78, 5) is 0. The standard InChI is InChI=1S/C19H20/c1-3-14-15(4-2)19-11-18(14)16-9-12-7-5-6-8-13(12)10-17(16)19/h5-10,18-19H,3-4,11H2,1-2H3. The molecule has 96 valence electrons. The van der Waals surface area contributed by atoms with Crippen LogP contribution in [0.5, 0.6) is 0 Å². The van der Waals surface area contributed by atoms with Crippen LogP contribution in [0.2, 0.25) is 0 Å². The van der Waals surface area contributed by atoms with Gasteiger partial charge in [-0.15, -0.1) is 0 Å². The van der Waals surface area contributed by atoms with Crippen molar-refractivity contribution in [2.45, 2.75) is 44.9 Å². The summed E-state index contributed by atoms with van der Waals surface area (Å²) in [5.41, 5.74) is 6.74. The van der Waals surface area contributed by atoms with Crippen molar-refractivity contribution in [1.29, 1.82) is 0 Å². The summed E-state index contributed by atoms with van der Waals surface area (Å²) < 4.78 is 0. The molecular weight excluding hydrogens is 228 g/mol. The van der Waals surface area contributed by atoms with E-state index in [1.807, 2.05) is 0 Å². The average Bonchev–Trinajstić information content (AvgIpc) is 3.00. The summed E-state index contributed by atoms with van der Waals surface area (Å²) in [6, 6.07) is 13.7. The van der Waals surface area contributed by atoms with Crippen molar-refractivity contribution in [3.8, 4) is 0 Å². The molecule has 0 amide bonds. The van der Waals surface area contributed by atoms with Crippen LogP contribution in [0.3, 0.4) is 0 Å². The van der Waals surface area contributed by atoms with E-state index >= 15 is 0 Å². The van der Waals surface area contributed by atoms with Crippen molar-refractivity contribution >= 4 is 10.8 Å². The van der Waals surface area contributed by atoms with Crippen LogP contribution in [0.25, 0.3) is 10.8 Å². The molecule has 0 N–H and O–H groups in total. The van der Waals surface area contributed by atoms with Crippen molar-refractivity contribution in [2.24, 2.45) is 0 Å². The normalized spacial score (nSPS) is 24.3. The molecule has 2 unspecified atom stereocenters. The maximum atomic E-state index is 2.46. The second-order valence-electron chi connectivity index (χ2n) is 5.93. The Labute approximate surface area is 115 Å². The van der Waals surface area contributed by atoms with Crippen molar-refractivity contribution in [2.75, 3.05) is 0 Å². The molecule has 2 aliphatic rings. The molecule has 19 heavy (non-hydrogen) atoms. The van der Waals surface area contributed by atoms with Crippen molar-refractivity contribution in [1.82, 2.24) is 0 Å². The van der Waals surface area contributed by atoms with Crippen molar-refractivity contribution < 1.29 is 0 Å². The lowest BCUT2D eigenvalue weighted by Crippen LogP contribution is -2.04. The summed E-state index contributed by atoms with van der Waals surface area (Å²) in [7, 11) is 0. The minimum atomic E-state index is 0.726. The lowest BCUT2D eigenvalue weighted by Gasteiger charge is -2.22. The summed E-state index contributed by atoms with van der Waals surface area (Å²) in [6.07, 6.45) is 3.81. The van der Waals surface area contributed by atoms with Crippen LogP contribution in [0.15, 0.2) is 47.5 Å². The maximum absolute atomic E-state index is 2.46. The van der Waals surface area contributed by atoms with Gasteiger partial charge < -0.3 is 0 Å². The summed E-state index contributed by atoms with van der Waals surface area (Å²) in [5.74, 6) is 1.45. The molecule has 0 heteroatoms. The third-order valence-corrected chi connectivity index (χ3v) is 5.19. The van der Waals surface area contributed by atoms with E-state index in [1.165, 1.54) is 30.0 Å². The highest BCUT2D eigenvalue weighted by Gasteiger charge is 2.41. The van der Waals surface area contributed by atoms with Crippen LogP contribution in [0.1, 0.15) is 56.1 Å². The van der Waals surface area contributed by atoms with Gasteiger partial charge in [0, 0.05) is 11.8 Å². The number of benzene rings is 2. The molecule has 0 heterocycles. The molecule has 0 aliphatic heterocycles. The van der Waals surface area contributed by atoms with Gasteiger partial charge in [-0.2, -0.15) is 0 Å². The molecule has 0 fully saturated rings. The number of fused-ring (bicyclic) bond motifs is 6. The minimum Gasteiger partial charge on any atom is -0.0631 e. The molecular formula is C19H20. The zero-order chi connectivity index (χ0) is 13.0. The quantitative estimate of drug-likeness (QED) is 0.612. The fraction of sp³-hybridized carbons (Fsp3) is 0.368. The molecule has 0 radical (unpaired) electrons. The smallest absolute Gasteiger partial charge is 0.00630 e. The van der Waals surface area contributed by atoms with Crippen LogP contribution >= 0.6 is 0 Å². The van der Waals surface area contributed by atoms with Gasteiger partial charge in [0.2, 0.25) is 0 Å². The SMILES string of the molecule is CCC1=C(CC)C2CC1c1cc3ccccc3cc12. The van der Waals surface area contributed by atoms with E-state index < -0.39 is 0 Å². The Morgan fingerprint density at radius 1 is 0.842 bits per heavy atom. The second-order valence-corrected chi connectivity index (χ2v) is 5.93. The molecule has 0 saturated heterocycles. The van der Waals surface area contributed by atoms with Crippen molar-refractivity contribution in [3.05, 3.63) is 58.7 Å². The predicted molar refractivity (Wildman–Crippen MR) is 81.7 cm³/mol. The summed E-state index contributed by atoms with van der Waals surface area (Å²) >= 11 is 0. The zero-order valence-corrected chi connectivity index (χ0v) is 11.7. The Morgan fingerprint density at radius 3 is 1.74 bits per heavy atom. The molecule has 0 nitrogen and oxygen atoms in total. The van der Waals surface area contributed by atoms with Crippen LogP contribution in [0, 0.1) is 0 Å². The third kappa shape index (κ3) is 1.40. The van der Waals surface area contributed by atoms with Gasteiger partial charge in [0.05, 0.1) is 0 Å². The molecule has 2 aromatic rings. The van der Waals surface area contributed by atoms with Crippen LogP contribution in [-0.2, 0) is 0 Å². The van der Waals surface area contributed by atoms with E-state index in [0.717, 1.165) is 11.8 Å². The molecule has 0 spiro atoms. The van der Waals surface area contributed by atoms with E-state index in [4.69, 9.17) is 0 Å². The molecule has 2 atom stereocenters. The Balaban J connectivity index is 1.95. The topological polar surface area (TPSA) is 0 Å². The number of allylic oxidation sites excluding steroid dienone is 2. The molecule has 2 bridgehead atoms. The first-order chi connectivity index (χ1) is 9.33. The lowest BCUT2D eigenvalue weighted by molar-refractivity contribution is 0.754. The van der Waals surface area contributed by atoms with E-state index in [9.17, 15) is 0 Å². The van der Waals surface area contributed by atoms with Gasteiger partial charge in [0.25, 0.3) is 0 Å². The first kappa shape index (κ1) is 11.3. The van der Waals surface area contributed by atoms with Crippen LogP contribution in [-0.4, -0.2) is 0 Å². The molecule has 0 aromatic heterocycles. The summed E-state index contributed by atoms with van der Waals surface area (Å²) in [6.45, 7) is 4.65. The van der Waals surface area contributed by atoms with Gasteiger partial charge in [-0.25, -0.2) is 0 Å². The largest absolute Gasteiger partial charge is 0.0631 e. The summed E-state index contributed by atoms with van der Waals surface area (Å²) in [5, 5.41) is 2.81. The highest BCUT2D eigenvalue weighted by molar-refractivity contribution is 5.85. The molecule has 2 aromatic carbocycles. The van der Waals surface area contributed by atoms with E-state index in [-0.39, 0.29) is 0 Å². The van der Waals surface area contributed by atoms with E-state index in [2.05, 4.69) is 50.2 Å². The fourth-order valence-corrected chi connectivity index (χ4v) is 4.42. The number of hydrogen-bond acceptors (Lipinski definition) is 0. The first-order valence-electron chi connectivity index (χ1n) is 7.57. The third-order valence-electron chi connectivity index (χ3n) is 5.19. The minimum absolute atomic E-state index is 0.726. The first-order valence-corrected chi connectivity index (χ1v) is 7.57. The van der Waals surface area contributed by atoms with Gasteiger partial charge in [0.1, 0.15) is 0 Å². The van der Waals surface area contributed by atoms with E-state index in [0.29, 0.717) is 0 Å². The van der Waals surface area contributed by atoms with Crippen molar-refractivity contribution in [3.63, 3.8) is 0 Å². The van der Waals surface area contributed by atoms with Gasteiger partial charge in [-0.3, -0.25) is 0 Å². The Hall–Kier alpha value is -1.56. The van der Waals surface area contributed by atoms with Gasteiger partial charge in [0.15, 0.2) is 0 Å². The Bertz CT molecular complexity index is 632. The van der Waals surface area contributed by atoms with E-state index in [1.54, 1.807) is 22.3 Å². The Kier molecular flexibility index (Phi) is 2.35. The van der Waals surface area contributed by atoms with Gasteiger partial charge in [-0.1, -0.05) is 61.4 Å². The van der Waals surface area contributed by atoms with Crippen LogP contribution < -0.4 is 0 Å². The average molecular weight is 248 g/mol. The lowest BCUT2D eigenvalue weighted by atomic mass is 9.83. The molecule has 4 rings (SSSR count). The zero-order valence-electron chi connectivity index (χ0n) is 11.7.